The summed E-state index contributed by atoms with van der Waals surface area (Å²) in [6.07, 6.45) is 5.11. The molecule has 2 fully saturated rings. The van der Waals surface area contributed by atoms with E-state index < -0.39 is 20.0 Å². The SMILES string of the molecule is COc1cc2c(cc1C)[C@@H]1C[C@@H]3[C@@H](CCCN3S(=O)(=O)CCCNS(C)(=O)=O)CN1CC2. The Balaban J connectivity index is 1.52. The highest BCUT2D eigenvalue weighted by Gasteiger charge is 2.45. The standard InChI is InChI=1S/C22H35N3O5S2/c1-16-12-19-17(13-22(16)30-2)7-10-24-15-18-6-4-9-25(20(18)14-21(19)24)32(28,29)11-5-8-23-31(3,26)27/h12-13,18,20-21,23H,4-11,14-15H2,1-3H3/t18-,20+,21-/m0/s1. The molecule has 32 heavy (non-hydrogen) atoms. The maximum atomic E-state index is 13.2. The van der Waals surface area contributed by atoms with Gasteiger partial charge in [0.25, 0.3) is 0 Å². The van der Waals surface area contributed by atoms with Gasteiger partial charge in [-0.3, -0.25) is 4.90 Å². The Labute approximate surface area is 192 Å². The van der Waals surface area contributed by atoms with E-state index in [9.17, 15) is 16.8 Å². The number of benzene rings is 1. The molecule has 180 valence electrons. The maximum absolute atomic E-state index is 13.2. The smallest absolute Gasteiger partial charge is 0.214 e. The molecule has 3 aliphatic heterocycles. The molecule has 0 bridgehead atoms. The molecule has 1 N–H and O–H groups in total. The van der Waals surface area contributed by atoms with Crippen LogP contribution in [0, 0.1) is 12.8 Å². The van der Waals surface area contributed by atoms with E-state index in [0.29, 0.717) is 12.5 Å². The average Bonchev–Trinajstić information content (AvgIpc) is 2.74. The van der Waals surface area contributed by atoms with Crippen molar-refractivity contribution >= 4 is 20.0 Å². The van der Waals surface area contributed by atoms with Crippen molar-refractivity contribution in [1.29, 1.82) is 0 Å². The van der Waals surface area contributed by atoms with Gasteiger partial charge < -0.3 is 4.74 Å². The number of nitrogens with zero attached hydrogens (tertiary/aromatic N) is 2. The molecule has 3 heterocycles. The number of methoxy groups -OCH3 is 1. The zero-order chi connectivity index (χ0) is 23.1. The molecule has 2 saturated heterocycles. The van der Waals surface area contributed by atoms with Gasteiger partial charge in [0, 0.05) is 38.3 Å². The molecule has 0 spiro atoms. The maximum Gasteiger partial charge on any atom is 0.214 e. The van der Waals surface area contributed by atoms with E-state index in [1.54, 1.807) is 11.4 Å². The number of piperidine rings is 2. The Morgan fingerprint density at radius 1 is 1.19 bits per heavy atom. The topological polar surface area (TPSA) is 96.0 Å². The molecule has 3 aliphatic rings. The molecule has 0 aliphatic carbocycles. The fourth-order valence-corrected chi connectivity index (χ4v) is 8.08. The predicted octanol–water partition coefficient (Wildman–Crippen LogP) is 1.66. The molecule has 10 heteroatoms. The van der Waals surface area contributed by atoms with E-state index in [1.807, 2.05) is 0 Å². The molecule has 4 rings (SSSR count). The summed E-state index contributed by atoms with van der Waals surface area (Å²) in [5.74, 6) is 1.24. The first-order chi connectivity index (χ1) is 15.1. The summed E-state index contributed by atoms with van der Waals surface area (Å²) in [6, 6.07) is 4.61. The summed E-state index contributed by atoms with van der Waals surface area (Å²) in [5.41, 5.74) is 3.74. The summed E-state index contributed by atoms with van der Waals surface area (Å²) in [5, 5.41) is 0. The summed E-state index contributed by atoms with van der Waals surface area (Å²) >= 11 is 0. The monoisotopic (exact) mass is 485 g/mol. The third-order valence-electron chi connectivity index (χ3n) is 7.23. The Hall–Kier alpha value is -1.20. The first kappa shape index (κ1) is 23.9. The van der Waals surface area contributed by atoms with Crippen LogP contribution >= 0.6 is 0 Å². The minimum Gasteiger partial charge on any atom is -0.496 e. The number of fused-ring (bicyclic) bond motifs is 4. The molecule has 0 radical (unpaired) electrons. The van der Waals surface area contributed by atoms with Crippen LogP contribution in [0.5, 0.6) is 5.75 Å². The van der Waals surface area contributed by atoms with Crippen LogP contribution in [0.4, 0.5) is 0 Å². The third kappa shape index (κ3) is 4.99. The largest absolute Gasteiger partial charge is 0.496 e. The number of ether oxygens (including phenoxy) is 1. The van der Waals surface area contributed by atoms with Gasteiger partial charge in [-0.05, 0) is 67.7 Å². The van der Waals surface area contributed by atoms with Gasteiger partial charge in [-0.25, -0.2) is 21.6 Å². The minimum absolute atomic E-state index is 0.00576. The van der Waals surface area contributed by atoms with Crippen molar-refractivity contribution in [2.24, 2.45) is 5.92 Å². The lowest BCUT2D eigenvalue weighted by molar-refractivity contribution is 0.0219. The fourth-order valence-electron chi connectivity index (χ4n) is 5.74. The van der Waals surface area contributed by atoms with E-state index in [2.05, 4.69) is 28.7 Å². The lowest BCUT2D eigenvalue weighted by atomic mass is 9.77. The van der Waals surface area contributed by atoms with Crippen LogP contribution in [0.3, 0.4) is 0 Å². The van der Waals surface area contributed by atoms with Gasteiger partial charge in [-0.15, -0.1) is 0 Å². The minimum atomic E-state index is -3.45. The van der Waals surface area contributed by atoms with Crippen LogP contribution in [-0.4, -0.2) is 77.4 Å². The molecular formula is C22H35N3O5S2. The van der Waals surface area contributed by atoms with Crippen molar-refractivity contribution in [3.63, 3.8) is 0 Å². The lowest BCUT2D eigenvalue weighted by Crippen LogP contribution is -2.57. The van der Waals surface area contributed by atoms with Crippen LogP contribution in [0.2, 0.25) is 0 Å². The van der Waals surface area contributed by atoms with Gasteiger partial charge in [0.1, 0.15) is 5.75 Å². The van der Waals surface area contributed by atoms with Gasteiger partial charge in [0.2, 0.25) is 20.0 Å². The number of nitrogens with one attached hydrogen (secondary N) is 1. The summed E-state index contributed by atoms with van der Waals surface area (Å²) in [4.78, 5) is 2.54. The molecular weight excluding hydrogens is 450 g/mol. The summed E-state index contributed by atoms with van der Waals surface area (Å²) < 4.78 is 58.6. The van der Waals surface area contributed by atoms with Gasteiger partial charge >= 0.3 is 0 Å². The van der Waals surface area contributed by atoms with Crippen LogP contribution < -0.4 is 9.46 Å². The number of rotatable bonds is 7. The molecule has 1 aromatic carbocycles. The second-order valence-electron chi connectivity index (χ2n) is 9.43. The molecule has 1 aromatic rings. The molecule has 0 aromatic heterocycles. The number of hydrogen-bond donors (Lipinski definition) is 1. The van der Waals surface area contributed by atoms with Crippen molar-refractivity contribution in [3.05, 3.63) is 28.8 Å². The van der Waals surface area contributed by atoms with Gasteiger partial charge in [0.05, 0.1) is 19.1 Å². The molecule has 8 nitrogen and oxygen atoms in total. The zero-order valence-corrected chi connectivity index (χ0v) is 20.8. The van der Waals surface area contributed by atoms with Crippen molar-refractivity contribution < 1.29 is 21.6 Å². The van der Waals surface area contributed by atoms with E-state index in [4.69, 9.17) is 4.74 Å². The van der Waals surface area contributed by atoms with Crippen LogP contribution in [0.25, 0.3) is 0 Å². The van der Waals surface area contributed by atoms with Gasteiger partial charge in [-0.1, -0.05) is 6.07 Å². The molecule has 0 saturated carbocycles. The molecule has 0 amide bonds. The first-order valence-corrected chi connectivity index (χ1v) is 14.9. The van der Waals surface area contributed by atoms with Gasteiger partial charge in [0.15, 0.2) is 0 Å². The number of hydrogen-bond acceptors (Lipinski definition) is 6. The molecule has 0 unspecified atom stereocenters. The van der Waals surface area contributed by atoms with Crippen molar-refractivity contribution in [2.45, 2.75) is 51.1 Å². The Morgan fingerprint density at radius 2 is 1.97 bits per heavy atom. The number of aryl methyl sites for hydroxylation is 1. The van der Waals surface area contributed by atoms with Crippen molar-refractivity contribution in [1.82, 2.24) is 13.9 Å². The van der Waals surface area contributed by atoms with E-state index in [0.717, 1.165) is 56.3 Å². The van der Waals surface area contributed by atoms with E-state index in [1.165, 1.54) is 11.1 Å². The highest BCUT2D eigenvalue weighted by atomic mass is 32.2. The van der Waals surface area contributed by atoms with E-state index >= 15 is 0 Å². The lowest BCUT2D eigenvalue weighted by Gasteiger charge is -2.51. The Kier molecular flexibility index (Phi) is 6.89. The summed E-state index contributed by atoms with van der Waals surface area (Å²) in [7, 11) is -5.05. The number of sulfonamides is 2. The van der Waals surface area contributed by atoms with E-state index in [-0.39, 0.29) is 30.8 Å². The van der Waals surface area contributed by atoms with Gasteiger partial charge in [-0.2, -0.15) is 4.31 Å². The Morgan fingerprint density at radius 3 is 2.69 bits per heavy atom. The van der Waals surface area contributed by atoms with Crippen LogP contribution in [0.1, 0.15) is 48.4 Å². The third-order valence-corrected chi connectivity index (χ3v) is 9.93. The van der Waals surface area contributed by atoms with Crippen LogP contribution in [0.15, 0.2) is 12.1 Å². The van der Waals surface area contributed by atoms with Crippen molar-refractivity contribution in [3.8, 4) is 5.75 Å². The highest BCUT2D eigenvalue weighted by molar-refractivity contribution is 7.89. The first-order valence-electron chi connectivity index (χ1n) is 11.4. The fraction of sp³-hybridized carbons (Fsp3) is 0.727. The summed E-state index contributed by atoms with van der Waals surface area (Å²) in [6.45, 7) is 4.69. The van der Waals surface area contributed by atoms with Crippen molar-refractivity contribution in [2.75, 3.05) is 45.3 Å². The van der Waals surface area contributed by atoms with Crippen LogP contribution in [-0.2, 0) is 26.5 Å². The quantitative estimate of drug-likeness (QED) is 0.590. The normalized spacial score (nSPS) is 26.8. The predicted molar refractivity (Wildman–Crippen MR) is 125 cm³/mol. The average molecular weight is 486 g/mol. The molecule has 3 atom stereocenters. The highest BCUT2D eigenvalue weighted by Crippen LogP contribution is 2.44. The second kappa shape index (κ2) is 9.21. The zero-order valence-electron chi connectivity index (χ0n) is 19.2. The Bertz CT molecular complexity index is 1060. The second-order valence-corrected chi connectivity index (χ2v) is 13.3.